The Morgan fingerprint density at radius 2 is 2.03 bits per heavy atom. The maximum absolute atomic E-state index is 4.43. The van der Waals surface area contributed by atoms with E-state index in [0.717, 1.165) is 47.9 Å². The third kappa shape index (κ3) is 6.39. The molecule has 0 bridgehead atoms. The van der Waals surface area contributed by atoms with Gasteiger partial charge in [-0.2, -0.15) is 0 Å². The van der Waals surface area contributed by atoms with Crippen molar-refractivity contribution in [2.24, 2.45) is 5.92 Å². The molecule has 2 aromatic rings. The fourth-order valence-electron chi connectivity index (χ4n) is 4.04. The molecule has 1 heterocycles. The number of benzene rings is 1. The van der Waals surface area contributed by atoms with Gasteiger partial charge in [0.15, 0.2) is 0 Å². The molecule has 0 aliphatic heterocycles. The Labute approximate surface area is 187 Å². The van der Waals surface area contributed by atoms with Crippen molar-refractivity contribution in [3.63, 3.8) is 0 Å². The van der Waals surface area contributed by atoms with Crippen LogP contribution in [0.15, 0.2) is 115 Å². The average Bonchev–Trinajstić information content (AvgIpc) is 2.80. The molecule has 0 saturated heterocycles. The van der Waals surface area contributed by atoms with Crippen LogP contribution >= 0.6 is 0 Å². The van der Waals surface area contributed by atoms with Gasteiger partial charge in [-0.3, -0.25) is 4.98 Å². The second kappa shape index (κ2) is 11.3. The molecular formula is C30H33N. The number of pyridine rings is 1. The highest BCUT2D eigenvalue weighted by molar-refractivity contribution is 5.77. The molecule has 1 unspecified atom stereocenters. The molecule has 1 nitrogen and oxygen atoms in total. The minimum Gasteiger partial charge on any atom is -0.264 e. The lowest BCUT2D eigenvalue weighted by molar-refractivity contribution is 0.587. The van der Waals surface area contributed by atoms with E-state index in [2.05, 4.69) is 92.7 Å². The Morgan fingerprint density at radius 1 is 1.19 bits per heavy atom. The van der Waals surface area contributed by atoms with Crippen molar-refractivity contribution in [3.05, 3.63) is 121 Å². The van der Waals surface area contributed by atoms with Crippen molar-refractivity contribution in [3.8, 4) is 11.1 Å². The van der Waals surface area contributed by atoms with Crippen LogP contribution in [-0.2, 0) is 0 Å². The summed E-state index contributed by atoms with van der Waals surface area (Å²) in [4.78, 5) is 4.26. The zero-order valence-electron chi connectivity index (χ0n) is 18.9. The first-order valence-electron chi connectivity index (χ1n) is 11.2. The third-order valence-corrected chi connectivity index (χ3v) is 5.62. The smallest absolute Gasteiger partial charge is 0.0346 e. The van der Waals surface area contributed by atoms with Crippen LogP contribution in [0.3, 0.4) is 0 Å². The first-order valence-corrected chi connectivity index (χ1v) is 11.2. The molecule has 31 heavy (non-hydrogen) atoms. The molecule has 1 aliphatic carbocycles. The molecule has 158 valence electrons. The van der Waals surface area contributed by atoms with Gasteiger partial charge in [0.2, 0.25) is 0 Å². The lowest BCUT2D eigenvalue weighted by atomic mass is 9.86. The molecule has 1 aromatic carbocycles. The van der Waals surface area contributed by atoms with Gasteiger partial charge >= 0.3 is 0 Å². The van der Waals surface area contributed by atoms with Crippen molar-refractivity contribution in [2.75, 3.05) is 0 Å². The molecular weight excluding hydrogens is 374 g/mol. The number of rotatable bonds is 9. The summed E-state index contributed by atoms with van der Waals surface area (Å²) in [6, 6.07) is 12.6. The lowest BCUT2D eigenvalue weighted by Gasteiger charge is -2.20. The van der Waals surface area contributed by atoms with Gasteiger partial charge in [0.25, 0.3) is 0 Å². The van der Waals surface area contributed by atoms with Crippen LogP contribution in [0.5, 0.6) is 0 Å². The van der Waals surface area contributed by atoms with Gasteiger partial charge in [-0.15, -0.1) is 6.58 Å². The van der Waals surface area contributed by atoms with E-state index >= 15 is 0 Å². The van der Waals surface area contributed by atoms with Crippen molar-refractivity contribution < 1.29 is 0 Å². The summed E-state index contributed by atoms with van der Waals surface area (Å²) in [5, 5.41) is 0. The summed E-state index contributed by atoms with van der Waals surface area (Å²) in [5.41, 5.74) is 8.60. The Kier molecular flexibility index (Phi) is 8.18. The fraction of sp³-hybridized carbons (Fsp3) is 0.233. The van der Waals surface area contributed by atoms with Gasteiger partial charge in [-0.05, 0) is 84.1 Å². The predicted molar refractivity (Wildman–Crippen MR) is 136 cm³/mol. The van der Waals surface area contributed by atoms with Gasteiger partial charge < -0.3 is 0 Å². The Balaban J connectivity index is 1.93. The molecule has 3 rings (SSSR count). The highest BCUT2D eigenvalue weighted by atomic mass is 14.6. The van der Waals surface area contributed by atoms with Gasteiger partial charge in [-0.25, -0.2) is 0 Å². The summed E-state index contributed by atoms with van der Waals surface area (Å²) in [7, 11) is 0. The van der Waals surface area contributed by atoms with E-state index in [0.29, 0.717) is 5.92 Å². The summed E-state index contributed by atoms with van der Waals surface area (Å²) >= 11 is 0. The number of nitrogens with zero attached hydrogens (tertiary/aromatic N) is 1. The van der Waals surface area contributed by atoms with Crippen LogP contribution in [-0.4, -0.2) is 4.98 Å². The molecule has 1 aliphatic rings. The Bertz CT molecular complexity index is 1030. The summed E-state index contributed by atoms with van der Waals surface area (Å²) in [5.74, 6) is 0.551. The van der Waals surface area contributed by atoms with Gasteiger partial charge in [0, 0.05) is 18.0 Å². The van der Waals surface area contributed by atoms with E-state index in [1.165, 1.54) is 16.7 Å². The lowest BCUT2D eigenvalue weighted by Crippen LogP contribution is -2.02. The molecule has 0 radical (unpaired) electrons. The number of allylic oxidation sites excluding steroid dienone is 10. The monoisotopic (exact) mass is 407 g/mol. The number of aromatic nitrogens is 1. The molecule has 0 fully saturated rings. The predicted octanol–water partition coefficient (Wildman–Crippen LogP) is 8.51. The normalized spacial score (nSPS) is 15.4. The van der Waals surface area contributed by atoms with Crippen molar-refractivity contribution >= 4 is 5.57 Å². The molecule has 1 heteroatoms. The minimum absolute atomic E-state index is 0.551. The highest BCUT2D eigenvalue weighted by Crippen LogP contribution is 2.32. The van der Waals surface area contributed by atoms with Crippen LogP contribution in [0, 0.1) is 5.92 Å². The maximum atomic E-state index is 4.43. The second-order valence-corrected chi connectivity index (χ2v) is 8.26. The summed E-state index contributed by atoms with van der Waals surface area (Å²) in [6.07, 6.45) is 21.2. The Morgan fingerprint density at radius 3 is 2.77 bits per heavy atom. The van der Waals surface area contributed by atoms with E-state index in [9.17, 15) is 0 Å². The summed E-state index contributed by atoms with van der Waals surface area (Å²) < 4.78 is 0. The van der Waals surface area contributed by atoms with E-state index in [-0.39, 0.29) is 0 Å². The molecule has 0 spiro atoms. The van der Waals surface area contributed by atoms with Crippen LogP contribution in [0.25, 0.3) is 16.7 Å². The SMILES string of the molecule is C=CCC(C)C/C(=C\C(=C)c1cccc(-c2cccnc2)c1)C1=CC(/C=C/C)=CCC1. The fourth-order valence-corrected chi connectivity index (χ4v) is 4.04. The molecule has 0 saturated carbocycles. The van der Waals surface area contributed by atoms with E-state index in [1.807, 2.05) is 18.3 Å². The van der Waals surface area contributed by atoms with Crippen molar-refractivity contribution in [2.45, 2.75) is 39.5 Å². The highest BCUT2D eigenvalue weighted by Gasteiger charge is 2.13. The van der Waals surface area contributed by atoms with Crippen LogP contribution in [0.4, 0.5) is 0 Å². The van der Waals surface area contributed by atoms with Gasteiger partial charge in [-0.1, -0.05) is 74.2 Å². The van der Waals surface area contributed by atoms with Crippen LogP contribution < -0.4 is 0 Å². The Hall–Kier alpha value is -3.19. The van der Waals surface area contributed by atoms with Crippen molar-refractivity contribution in [1.29, 1.82) is 0 Å². The first-order chi connectivity index (χ1) is 15.1. The molecule has 0 N–H and O–H groups in total. The van der Waals surface area contributed by atoms with E-state index < -0.39 is 0 Å². The second-order valence-electron chi connectivity index (χ2n) is 8.26. The van der Waals surface area contributed by atoms with Crippen molar-refractivity contribution in [1.82, 2.24) is 4.98 Å². The quantitative estimate of drug-likeness (QED) is 0.300. The van der Waals surface area contributed by atoms with Crippen LogP contribution in [0.2, 0.25) is 0 Å². The van der Waals surface area contributed by atoms with E-state index in [4.69, 9.17) is 0 Å². The molecule has 1 atom stereocenters. The molecule has 1 aromatic heterocycles. The zero-order chi connectivity index (χ0) is 22.1. The minimum atomic E-state index is 0.551. The topological polar surface area (TPSA) is 12.9 Å². The van der Waals surface area contributed by atoms with Crippen LogP contribution in [0.1, 0.15) is 45.1 Å². The first kappa shape index (κ1) is 22.5. The van der Waals surface area contributed by atoms with E-state index in [1.54, 1.807) is 6.20 Å². The number of hydrogen-bond acceptors (Lipinski definition) is 1. The maximum Gasteiger partial charge on any atom is 0.0346 e. The standard InChI is InChI=1S/C30H33N/c1-5-10-23(3)18-30(27-14-7-12-25(20-27)11-6-2)19-24(4)26-13-8-15-28(21-26)29-16-9-17-31-22-29/h5-6,8-9,11-13,15-17,19-23H,1,4,7,10,14,18H2,2-3H3/b11-6+,30-19+. The van der Waals surface area contributed by atoms with Gasteiger partial charge in [0.1, 0.15) is 0 Å². The third-order valence-electron chi connectivity index (χ3n) is 5.62. The largest absolute Gasteiger partial charge is 0.264 e. The number of hydrogen-bond donors (Lipinski definition) is 0. The average molecular weight is 408 g/mol. The van der Waals surface area contributed by atoms with Gasteiger partial charge in [0.05, 0.1) is 0 Å². The zero-order valence-corrected chi connectivity index (χ0v) is 18.9. The summed E-state index contributed by atoms with van der Waals surface area (Å²) in [6.45, 7) is 12.7. The molecule has 0 amide bonds.